The highest BCUT2D eigenvalue weighted by Crippen LogP contribution is 2.14. The first-order valence-electron chi connectivity index (χ1n) is 8.21. The zero-order valence-electron chi connectivity index (χ0n) is 13.7. The topological polar surface area (TPSA) is 101 Å². The van der Waals surface area contributed by atoms with Crippen LogP contribution in [0.5, 0.6) is 0 Å². The van der Waals surface area contributed by atoms with Crippen LogP contribution in [-0.4, -0.2) is 21.8 Å². The van der Waals surface area contributed by atoms with Crippen molar-refractivity contribution in [2.75, 3.05) is 0 Å². The van der Waals surface area contributed by atoms with E-state index in [1.54, 1.807) is 24.3 Å². The fourth-order valence-corrected chi connectivity index (χ4v) is 2.74. The molecule has 1 atom stereocenters. The van der Waals surface area contributed by atoms with Crippen molar-refractivity contribution in [1.82, 2.24) is 15.3 Å². The molecule has 1 aromatic heterocycles. The standard InChI is InChI=1S/C19H20N4O2/c20-19(25)18(13-7-2-1-3-8-13)23-17(24)12-6-11-16-21-14-9-4-5-10-15(14)22-16/h1-5,7-10,18H,6,11-12H2,(H2,20,25)(H,21,22)(H,23,24)/t18-/m0/s1. The number of primary amides is 1. The number of carbonyl (C=O) groups is 2. The SMILES string of the molecule is NC(=O)[C@@H](NC(=O)CCCc1nc2ccccc2[nH]1)c1ccccc1. The number of H-pyrrole nitrogens is 1. The van der Waals surface area contributed by atoms with Crippen LogP contribution in [0.3, 0.4) is 0 Å². The van der Waals surface area contributed by atoms with Crippen molar-refractivity contribution in [1.29, 1.82) is 0 Å². The van der Waals surface area contributed by atoms with Crippen molar-refractivity contribution in [3.63, 3.8) is 0 Å². The molecule has 0 spiro atoms. The summed E-state index contributed by atoms with van der Waals surface area (Å²) in [7, 11) is 0. The average molecular weight is 336 g/mol. The van der Waals surface area contributed by atoms with Crippen molar-refractivity contribution in [3.05, 3.63) is 66.0 Å². The summed E-state index contributed by atoms with van der Waals surface area (Å²) in [6, 6.07) is 16.0. The molecule has 0 aliphatic carbocycles. The van der Waals surface area contributed by atoms with Crippen LogP contribution in [0.4, 0.5) is 0 Å². The second-order valence-electron chi connectivity index (χ2n) is 5.87. The molecular weight excluding hydrogens is 316 g/mol. The lowest BCUT2D eigenvalue weighted by Crippen LogP contribution is -2.37. The summed E-state index contributed by atoms with van der Waals surface area (Å²) in [5, 5.41) is 2.70. The van der Waals surface area contributed by atoms with Crippen LogP contribution >= 0.6 is 0 Å². The number of aryl methyl sites for hydroxylation is 1. The number of amides is 2. The number of aromatic nitrogens is 2. The van der Waals surface area contributed by atoms with E-state index in [9.17, 15) is 9.59 Å². The Labute approximate surface area is 145 Å². The fourth-order valence-electron chi connectivity index (χ4n) is 2.74. The van der Waals surface area contributed by atoms with Gasteiger partial charge in [0.1, 0.15) is 11.9 Å². The van der Waals surface area contributed by atoms with Crippen molar-refractivity contribution in [2.24, 2.45) is 5.73 Å². The number of nitrogens with two attached hydrogens (primary N) is 1. The summed E-state index contributed by atoms with van der Waals surface area (Å²) in [5.74, 6) is 0.0732. The molecule has 2 aromatic carbocycles. The summed E-state index contributed by atoms with van der Waals surface area (Å²) in [4.78, 5) is 31.5. The summed E-state index contributed by atoms with van der Waals surface area (Å²) < 4.78 is 0. The van der Waals surface area contributed by atoms with E-state index in [4.69, 9.17) is 5.73 Å². The zero-order chi connectivity index (χ0) is 17.6. The lowest BCUT2D eigenvalue weighted by Gasteiger charge is -2.15. The van der Waals surface area contributed by atoms with Crippen LogP contribution < -0.4 is 11.1 Å². The molecule has 25 heavy (non-hydrogen) atoms. The molecule has 0 unspecified atom stereocenters. The number of hydrogen-bond acceptors (Lipinski definition) is 3. The summed E-state index contributed by atoms with van der Waals surface area (Å²) in [6.07, 6.45) is 1.59. The minimum absolute atomic E-state index is 0.205. The molecule has 3 aromatic rings. The van der Waals surface area contributed by atoms with E-state index in [2.05, 4.69) is 15.3 Å². The van der Waals surface area contributed by atoms with E-state index in [0.717, 1.165) is 16.9 Å². The first kappa shape index (κ1) is 16.7. The van der Waals surface area contributed by atoms with Crippen LogP contribution in [0.25, 0.3) is 11.0 Å². The predicted octanol–water partition coefficient (Wildman–Crippen LogP) is 2.23. The molecule has 0 radical (unpaired) electrons. The van der Waals surface area contributed by atoms with Gasteiger partial charge < -0.3 is 16.0 Å². The van der Waals surface area contributed by atoms with E-state index in [1.807, 2.05) is 30.3 Å². The predicted molar refractivity (Wildman–Crippen MR) is 95.6 cm³/mol. The van der Waals surface area contributed by atoms with Gasteiger partial charge in [-0.3, -0.25) is 9.59 Å². The Morgan fingerprint density at radius 3 is 2.52 bits per heavy atom. The van der Waals surface area contributed by atoms with Gasteiger partial charge in [0.15, 0.2) is 0 Å². The van der Waals surface area contributed by atoms with E-state index in [1.165, 1.54) is 0 Å². The summed E-state index contributed by atoms with van der Waals surface area (Å²) >= 11 is 0. The molecule has 0 bridgehead atoms. The number of hydrogen-bond donors (Lipinski definition) is 3. The smallest absolute Gasteiger partial charge is 0.244 e. The number of imidazole rings is 1. The Morgan fingerprint density at radius 2 is 1.80 bits per heavy atom. The third-order valence-electron chi connectivity index (χ3n) is 3.98. The molecule has 0 saturated carbocycles. The third kappa shape index (κ3) is 4.23. The van der Waals surface area contributed by atoms with Gasteiger partial charge in [-0.05, 0) is 24.1 Å². The minimum Gasteiger partial charge on any atom is -0.368 e. The van der Waals surface area contributed by atoms with Gasteiger partial charge in [0.25, 0.3) is 0 Å². The minimum atomic E-state index is -0.806. The van der Waals surface area contributed by atoms with Gasteiger partial charge >= 0.3 is 0 Å². The van der Waals surface area contributed by atoms with E-state index in [-0.39, 0.29) is 5.91 Å². The van der Waals surface area contributed by atoms with Gasteiger partial charge in [-0.25, -0.2) is 4.98 Å². The zero-order valence-corrected chi connectivity index (χ0v) is 13.7. The Hall–Kier alpha value is -3.15. The van der Waals surface area contributed by atoms with Crippen LogP contribution in [0, 0.1) is 0 Å². The van der Waals surface area contributed by atoms with Crippen molar-refractivity contribution in [3.8, 4) is 0 Å². The number of para-hydroxylation sites is 2. The van der Waals surface area contributed by atoms with Crippen LogP contribution in [-0.2, 0) is 16.0 Å². The number of aromatic amines is 1. The lowest BCUT2D eigenvalue weighted by atomic mass is 10.1. The molecule has 0 aliphatic heterocycles. The summed E-state index contributed by atoms with van der Waals surface area (Å²) in [5.41, 5.74) is 7.99. The van der Waals surface area contributed by atoms with Crippen molar-refractivity contribution in [2.45, 2.75) is 25.3 Å². The molecule has 0 fully saturated rings. The first-order chi connectivity index (χ1) is 12.1. The molecular formula is C19H20N4O2. The maximum atomic E-state index is 12.1. The summed E-state index contributed by atoms with van der Waals surface area (Å²) in [6.45, 7) is 0. The number of nitrogens with one attached hydrogen (secondary N) is 2. The van der Waals surface area contributed by atoms with Gasteiger partial charge in [-0.2, -0.15) is 0 Å². The molecule has 6 nitrogen and oxygen atoms in total. The van der Waals surface area contributed by atoms with Crippen LogP contribution in [0.15, 0.2) is 54.6 Å². The number of fused-ring (bicyclic) bond motifs is 1. The lowest BCUT2D eigenvalue weighted by molar-refractivity contribution is -0.127. The Bertz CT molecular complexity index is 840. The number of benzene rings is 2. The number of nitrogens with zero attached hydrogens (tertiary/aromatic N) is 1. The fraction of sp³-hybridized carbons (Fsp3) is 0.211. The number of rotatable bonds is 7. The molecule has 0 aliphatic rings. The molecule has 6 heteroatoms. The Kier molecular flexibility index (Phi) is 5.09. The monoisotopic (exact) mass is 336 g/mol. The normalized spacial score (nSPS) is 12.0. The van der Waals surface area contributed by atoms with Gasteiger partial charge in [0, 0.05) is 12.8 Å². The second-order valence-corrected chi connectivity index (χ2v) is 5.87. The van der Waals surface area contributed by atoms with E-state index >= 15 is 0 Å². The van der Waals surface area contributed by atoms with Gasteiger partial charge in [-0.15, -0.1) is 0 Å². The third-order valence-corrected chi connectivity index (χ3v) is 3.98. The van der Waals surface area contributed by atoms with Crippen molar-refractivity contribution >= 4 is 22.8 Å². The molecule has 128 valence electrons. The first-order valence-corrected chi connectivity index (χ1v) is 8.21. The average Bonchev–Trinajstić information content (AvgIpc) is 3.03. The second kappa shape index (κ2) is 7.61. The largest absolute Gasteiger partial charge is 0.368 e. The quantitative estimate of drug-likeness (QED) is 0.616. The molecule has 2 amide bonds. The number of carbonyl (C=O) groups excluding carboxylic acids is 2. The highest BCUT2D eigenvalue weighted by molar-refractivity contribution is 5.87. The van der Waals surface area contributed by atoms with Gasteiger partial charge in [0.2, 0.25) is 11.8 Å². The highest BCUT2D eigenvalue weighted by Gasteiger charge is 2.19. The molecule has 4 N–H and O–H groups in total. The van der Waals surface area contributed by atoms with Crippen LogP contribution in [0.1, 0.15) is 30.3 Å². The van der Waals surface area contributed by atoms with Crippen LogP contribution in [0.2, 0.25) is 0 Å². The van der Waals surface area contributed by atoms with Gasteiger partial charge in [0.05, 0.1) is 11.0 Å². The Morgan fingerprint density at radius 1 is 1.08 bits per heavy atom. The maximum Gasteiger partial charge on any atom is 0.244 e. The Balaban J connectivity index is 1.54. The molecule has 0 saturated heterocycles. The molecule has 1 heterocycles. The van der Waals surface area contributed by atoms with E-state index < -0.39 is 11.9 Å². The van der Waals surface area contributed by atoms with E-state index in [0.29, 0.717) is 24.8 Å². The molecule has 3 rings (SSSR count). The van der Waals surface area contributed by atoms with Gasteiger partial charge in [-0.1, -0.05) is 42.5 Å². The maximum absolute atomic E-state index is 12.1. The highest BCUT2D eigenvalue weighted by atomic mass is 16.2. The van der Waals surface area contributed by atoms with Crippen molar-refractivity contribution < 1.29 is 9.59 Å².